The number of ether oxygens (including phenoxy) is 1. The number of nitrogens with zero attached hydrogens (tertiary/aromatic N) is 2. The molecule has 0 spiro atoms. The molecule has 0 aliphatic rings. The quantitative estimate of drug-likeness (QED) is 0.562. The van der Waals surface area contributed by atoms with E-state index in [2.05, 4.69) is 27.7 Å². The molecule has 0 saturated carbocycles. The first-order valence-electron chi connectivity index (χ1n) is 6.18. The molecule has 0 amide bonds. The standard InChI is InChI=1S/C14H14ClIN2O2/c1-3-6-18-13(12(20-2)8-17-18)14(19)10-7-9(15)4-5-11(10)16/h4-5,7-8H,3,6H2,1-2H3. The molecule has 6 heteroatoms. The Kier molecular flexibility index (Phi) is 5.04. The van der Waals surface area contributed by atoms with Gasteiger partial charge < -0.3 is 4.74 Å². The van der Waals surface area contributed by atoms with Crippen LogP contribution in [0.3, 0.4) is 0 Å². The van der Waals surface area contributed by atoms with E-state index in [1.165, 1.54) is 7.11 Å². The summed E-state index contributed by atoms with van der Waals surface area (Å²) in [6.07, 6.45) is 2.46. The van der Waals surface area contributed by atoms with Crippen molar-refractivity contribution in [2.45, 2.75) is 19.9 Å². The molecule has 0 fully saturated rings. The highest BCUT2D eigenvalue weighted by atomic mass is 127. The van der Waals surface area contributed by atoms with Crippen LogP contribution in [0, 0.1) is 3.57 Å². The number of aryl methyl sites for hydroxylation is 1. The summed E-state index contributed by atoms with van der Waals surface area (Å²) >= 11 is 8.11. The van der Waals surface area contributed by atoms with Crippen LogP contribution in [0.5, 0.6) is 5.75 Å². The van der Waals surface area contributed by atoms with Gasteiger partial charge in [-0.3, -0.25) is 9.48 Å². The highest BCUT2D eigenvalue weighted by Gasteiger charge is 2.22. The van der Waals surface area contributed by atoms with Gasteiger partial charge in [0.15, 0.2) is 11.4 Å². The highest BCUT2D eigenvalue weighted by Crippen LogP contribution is 2.26. The van der Waals surface area contributed by atoms with Gasteiger partial charge in [-0.15, -0.1) is 0 Å². The third kappa shape index (κ3) is 2.98. The van der Waals surface area contributed by atoms with E-state index in [4.69, 9.17) is 16.3 Å². The van der Waals surface area contributed by atoms with E-state index in [9.17, 15) is 4.79 Å². The molecule has 1 aromatic carbocycles. The molecule has 0 aliphatic carbocycles. The van der Waals surface area contributed by atoms with E-state index in [0.29, 0.717) is 28.6 Å². The highest BCUT2D eigenvalue weighted by molar-refractivity contribution is 14.1. The molecule has 0 atom stereocenters. The predicted molar refractivity (Wildman–Crippen MR) is 86.7 cm³/mol. The van der Waals surface area contributed by atoms with Gasteiger partial charge in [-0.05, 0) is 47.2 Å². The monoisotopic (exact) mass is 404 g/mol. The van der Waals surface area contributed by atoms with Gasteiger partial charge in [-0.1, -0.05) is 18.5 Å². The van der Waals surface area contributed by atoms with Crippen molar-refractivity contribution in [3.05, 3.63) is 44.2 Å². The Bertz CT molecular complexity index is 640. The zero-order chi connectivity index (χ0) is 14.7. The van der Waals surface area contributed by atoms with Gasteiger partial charge in [0.05, 0.1) is 13.3 Å². The van der Waals surface area contributed by atoms with Crippen LogP contribution in [0.2, 0.25) is 5.02 Å². The molecule has 20 heavy (non-hydrogen) atoms. The molecule has 2 aromatic rings. The lowest BCUT2D eigenvalue weighted by Gasteiger charge is -2.09. The van der Waals surface area contributed by atoms with Crippen LogP contribution >= 0.6 is 34.2 Å². The lowest BCUT2D eigenvalue weighted by Crippen LogP contribution is -2.13. The maximum absolute atomic E-state index is 12.8. The number of hydrogen-bond donors (Lipinski definition) is 0. The number of rotatable bonds is 5. The van der Waals surface area contributed by atoms with Gasteiger partial charge in [0.25, 0.3) is 0 Å². The molecule has 0 radical (unpaired) electrons. The molecule has 4 nitrogen and oxygen atoms in total. The number of aromatic nitrogens is 2. The lowest BCUT2D eigenvalue weighted by atomic mass is 10.1. The zero-order valence-electron chi connectivity index (χ0n) is 11.2. The van der Waals surface area contributed by atoms with E-state index in [0.717, 1.165) is 9.99 Å². The van der Waals surface area contributed by atoms with E-state index >= 15 is 0 Å². The number of methoxy groups -OCH3 is 1. The van der Waals surface area contributed by atoms with Crippen molar-refractivity contribution >= 4 is 40.0 Å². The Labute approximate surface area is 136 Å². The van der Waals surface area contributed by atoms with E-state index < -0.39 is 0 Å². The minimum absolute atomic E-state index is 0.125. The maximum atomic E-state index is 12.8. The Morgan fingerprint density at radius 1 is 1.50 bits per heavy atom. The van der Waals surface area contributed by atoms with Gasteiger partial charge in [-0.25, -0.2) is 0 Å². The fraction of sp³-hybridized carbons (Fsp3) is 0.286. The third-order valence-electron chi connectivity index (χ3n) is 2.85. The van der Waals surface area contributed by atoms with E-state index in [-0.39, 0.29) is 5.78 Å². The molecule has 2 rings (SSSR count). The molecule has 0 saturated heterocycles. The van der Waals surface area contributed by atoms with Gasteiger partial charge in [0, 0.05) is 20.7 Å². The number of hydrogen-bond acceptors (Lipinski definition) is 3. The summed E-state index contributed by atoms with van der Waals surface area (Å²) in [7, 11) is 1.53. The summed E-state index contributed by atoms with van der Waals surface area (Å²) in [5, 5.41) is 4.75. The number of carbonyl (C=O) groups is 1. The average molecular weight is 405 g/mol. The van der Waals surface area contributed by atoms with Crippen molar-refractivity contribution in [1.29, 1.82) is 0 Å². The third-order valence-corrected chi connectivity index (χ3v) is 4.03. The fourth-order valence-electron chi connectivity index (χ4n) is 1.93. The number of benzene rings is 1. The van der Waals surface area contributed by atoms with E-state index in [1.807, 2.05) is 13.0 Å². The van der Waals surface area contributed by atoms with Crippen LogP contribution in [-0.2, 0) is 6.54 Å². The van der Waals surface area contributed by atoms with Crippen molar-refractivity contribution in [1.82, 2.24) is 9.78 Å². The second-order valence-electron chi connectivity index (χ2n) is 4.24. The summed E-state index contributed by atoms with van der Waals surface area (Å²) in [5.74, 6) is 0.360. The van der Waals surface area contributed by atoms with Crippen LogP contribution in [-0.4, -0.2) is 22.7 Å². The predicted octanol–water partition coefficient (Wildman–Crippen LogP) is 3.79. The Hall–Kier alpha value is -1.08. The maximum Gasteiger partial charge on any atom is 0.215 e. The molecule has 0 bridgehead atoms. The molecule has 0 unspecified atom stereocenters. The van der Waals surface area contributed by atoms with Gasteiger partial charge in [0.2, 0.25) is 5.78 Å². The topological polar surface area (TPSA) is 44.1 Å². The SMILES string of the molecule is CCCn1ncc(OC)c1C(=O)c1cc(Cl)ccc1I. The van der Waals surface area contributed by atoms with Crippen molar-refractivity contribution < 1.29 is 9.53 Å². The summed E-state index contributed by atoms with van der Waals surface area (Å²) in [4.78, 5) is 12.8. The Morgan fingerprint density at radius 3 is 2.90 bits per heavy atom. The normalized spacial score (nSPS) is 10.6. The van der Waals surface area contributed by atoms with Crippen molar-refractivity contribution in [2.24, 2.45) is 0 Å². The second-order valence-corrected chi connectivity index (χ2v) is 5.84. The lowest BCUT2D eigenvalue weighted by molar-refractivity contribution is 0.102. The van der Waals surface area contributed by atoms with Crippen molar-refractivity contribution in [2.75, 3.05) is 7.11 Å². The molecule has 0 N–H and O–H groups in total. The van der Waals surface area contributed by atoms with Gasteiger partial charge >= 0.3 is 0 Å². The minimum atomic E-state index is -0.125. The second kappa shape index (κ2) is 6.58. The summed E-state index contributed by atoms with van der Waals surface area (Å²) in [6.45, 7) is 2.70. The van der Waals surface area contributed by atoms with Crippen LogP contribution < -0.4 is 4.74 Å². The van der Waals surface area contributed by atoms with Crippen LogP contribution in [0.4, 0.5) is 0 Å². The van der Waals surface area contributed by atoms with Crippen molar-refractivity contribution in [3.63, 3.8) is 0 Å². The summed E-state index contributed by atoms with van der Waals surface area (Å²) < 4.78 is 7.77. The molecule has 0 aliphatic heterocycles. The fourth-order valence-corrected chi connectivity index (χ4v) is 2.68. The number of carbonyl (C=O) groups excluding carboxylic acids is 1. The van der Waals surface area contributed by atoms with Crippen molar-refractivity contribution in [3.8, 4) is 5.75 Å². The van der Waals surface area contributed by atoms with Gasteiger partial charge in [-0.2, -0.15) is 5.10 Å². The summed E-state index contributed by atoms with van der Waals surface area (Å²) in [6, 6.07) is 5.26. The zero-order valence-corrected chi connectivity index (χ0v) is 14.1. The molecule has 1 heterocycles. The van der Waals surface area contributed by atoms with E-state index in [1.54, 1.807) is 23.0 Å². The molecule has 1 aromatic heterocycles. The first kappa shape index (κ1) is 15.3. The Morgan fingerprint density at radius 2 is 2.25 bits per heavy atom. The first-order valence-corrected chi connectivity index (χ1v) is 7.63. The largest absolute Gasteiger partial charge is 0.493 e. The first-order chi connectivity index (χ1) is 9.58. The molecule has 106 valence electrons. The average Bonchev–Trinajstić information content (AvgIpc) is 2.84. The number of halogens is 2. The van der Waals surface area contributed by atoms with Gasteiger partial charge in [0.1, 0.15) is 0 Å². The summed E-state index contributed by atoms with van der Waals surface area (Å²) in [5.41, 5.74) is 1.03. The molecular weight excluding hydrogens is 391 g/mol. The smallest absolute Gasteiger partial charge is 0.215 e. The minimum Gasteiger partial charge on any atom is -0.493 e. The molecular formula is C14H14ClIN2O2. The van der Waals surface area contributed by atoms with Crippen LogP contribution in [0.15, 0.2) is 24.4 Å². The number of ketones is 1. The van der Waals surface area contributed by atoms with Crippen LogP contribution in [0.1, 0.15) is 29.4 Å². The Balaban J connectivity index is 2.52. The van der Waals surface area contributed by atoms with Crippen LogP contribution in [0.25, 0.3) is 0 Å².